The zero-order chi connectivity index (χ0) is 14.0. The van der Waals surface area contributed by atoms with Crippen molar-refractivity contribution in [1.29, 1.82) is 0 Å². The van der Waals surface area contributed by atoms with Crippen LogP contribution in [0, 0.1) is 24.0 Å². The second-order valence-electron chi connectivity index (χ2n) is 4.16. The van der Waals surface area contributed by atoms with Gasteiger partial charge in [0, 0.05) is 36.0 Å². The maximum absolute atomic E-state index is 10.6. The molecule has 19 heavy (non-hydrogen) atoms. The van der Waals surface area contributed by atoms with Gasteiger partial charge in [-0.2, -0.15) is 0 Å². The van der Waals surface area contributed by atoms with Gasteiger partial charge in [0.05, 0.1) is 4.92 Å². The van der Waals surface area contributed by atoms with Crippen molar-refractivity contribution < 1.29 is 4.92 Å². The second kappa shape index (κ2) is 5.01. The number of aryl methyl sites for hydroxylation is 1. The maximum atomic E-state index is 10.6. The topological polar surface area (TPSA) is 81.0 Å². The third-order valence-electron chi connectivity index (χ3n) is 2.96. The summed E-state index contributed by atoms with van der Waals surface area (Å²) in [6.45, 7) is 3.85. The van der Waals surface area contributed by atoms with Crippen LogP contribution in [0.4, 0.5) is 11.5 Å². The van der Waals surface area contributed by atoms with E-state index in [1.54, 1.807) is 19.2 Å². The number of hydrogen-bond acceptors (Lipinski definition) is 5. The molecule has 1 aromatic heterocycles. The number of aromatic nitrogens is 2. The summed E-state index contributed by atoms with van der Waals surface area (Å²) < 4.78 is 0. The van der Waals surface area contributed by atoms with Gasteiger partial charge >= 0.3 is 0 Å². The Hall–Kier alpha value is -2.50. The van der Waals surface area contributed by atoms with E-state index in [1.807, 2.05) is 13.8 Å². The molecule has 0 atom stereocenters. The fourth-order valence-corrected chi connectivity index (χ4v) is 1.73. The first kappa shape index (κ1) is 12.9. The van der Waals surface area contributed by atoms with Gasteiger partial charge < -0.3 is 5.32 Å². The molecule has 0 aliphatic carbocycles. The van der Waals surface area contributed by atoms with Crippen molar-refractivity contribution in [2.24, 2.45) is 0 Å². The lowest BCUT2D eigenvalue weighted by atomic mass is 10.1. The molecular formula is C13H14N4O2. The molecule has 0 aliphatic heterocycles. The molecule has 0 saturated heterocycles. The first-order valence-electron chi connectivity index (χ1n) is 5.80. The Morgan fingerprint density at radius 3 is 2.32 bits per heavy atom. The zero-order valence-electron chi connectivity index (χ0n) is 11.0. The van der Waals surface area contributed by atoms with Gasteiger partial charge in [-0.1, -0.05) is 0 Å². The van der Waals surface area contributed by atoms with Crippen LogP contribution in [0.15, 0.2) is 24.3 Å². The van der Waals surface area contributed by atoms with E-state index in [2.05, 4.69) is 15.3 Å². The minimum Gasteiger partial charge on any atom is -0.373 e. The van der Waals surface area contributed by atoms with Crippen LogP contribution in [0.25, 0.3) is 11.4 Å². The molecule has 2 rings (SSSR count). The van der Waals surface area contributed by atoms with E-state index in [9.17, 15) is 10.1 Å². The molecular weight excluding hydrogens is 244 g/mol. The van der Waals surface area contributed by atoms with Crippen LogP contribution in [-0.4, -0.2) is 21.9 Å². The van der Waals surface area contributed by atoms with Crippen molar-refractivity contribution in [3.8, 4) is 11.4 Å². The van der Waals surface area contributed by atoms with Gasteiger partial charge in [-0.3, -0.25) is 10.1 Å². The highest BCUT2D eigenvalue weighted by molar-refractivity contribution is 5.61. The summed E-state index contributed by atoms with van der Waals surface area (Å²) in [5, 5.41) is 13.6. The summed E-state index contributed by atoms with van der Waals surface area (Å²) in [4.78, 5) is 19.0. The smallest absolute Gasteiger partial charge is 0.269 e. The lowest BCUT2D eigenvalue weighted by Gasteiger charge is -2.09. The highest BCUT2D eigenvalue weighted by atomic mass is 16.6. The van der Waals surface area contributed by atoms with E-state index >= 15 is 0 Å². The number of benzene rings is 1. The summed E-state index contributed by atoms with van der Waals surface area (Å²) >= 11 is 0. The maximum Gasteiger partial charge on any atom is 0.269 e. The molecule has 0 aliphatic rings. The Balaban J connectivity index is 2.47. The molecule has 0 saturated carbocycles. The van der Waals surface area contributed by atoms with Crippen molar-refractivity contribution in [1.82, 2.24) is 9.97 Å². The van der Waals surface area contributed by atoms with Crippen LogP contribution >= 0.6 is 0 Å². The third-order valence-corrected chi connectivity index (χ3v) is 2.96. The Morgan fingerprint density at radius 2 is 1.79 bits per heavy atom. The number of nitrogens with one attached hydrogen (secondary N) is 1. The molecule has 6 nitrogen and oxygen atoms in total. The monoisotopic (exact) mass is 258 g/mol. The van der Waals surface area contributed by atoms with E-state index < -0.39 is 4.92 Å². The standard InChI is InChI=1S/C13H14N4O2/c1-8-9(2)15-13(16-12(8)14-3)10-4-6-11(7-5-10)17(18)19/h4-7H,1-3H3,(H,14,15,16). The molecule has 0 fully saturated rings. The van der Waals surface area contributed by atoms with Gasteiger partial charge in [0.15, 0.2) is 5.82 Å². The molecule has 0 spiro atoms. The Kier molecular flexibility index (Phi) is 3.41. The number of rotatable bonds is 3. The quantitative estimate of drug-likeness (QED) is 0.676. The third kappa shape index (κ3) is 2.52. The Bertz CT molecular complexity index is 623. The minimum absolute atomic E-state index is 0.0569. The summed E-state index contributed by atoms with van der Waals surface area (Å²) in [6.07, 6.45) is 0. The normalized spacial score (nSPS) is 10.3. The van der Waals surface area contributed by atoms with E-state index in [-0.39, 0.29) is 5.69 Å². The van der Waals surface area contributed by atoms with Crippen molar-refractivity contribution in [3.63, 3.8) is 0 Å². The molecule has 98 valence electrons. The summed E-state index contributed by atoms with van der Waals surface area (Å²) in [6, 6.07) is 6.21. The molecule has 1 aromatic carbocycles. The Morgan fingerprint density at radius 1 is 1.16 bits per heavy atom. The SMILES string of the molecule is CNc1nc(-c2ccc([N+](=O)[O-])cc2)nc(C)c1C. The number of non-ortho nitro benzene ring substituents is 1. The average molecular weight is 258 g/mol. The van der Waals surface area contributed by atoms with Crippen molar-refractivity contribution >= 4 is 11.5 Å². The first-order chi connectivity index (χ1) is 9.02. The van der Waals surface area contributed by atoms with E-state index in [0.717, 1.165) is 22.6 Å². The molecule has 0 unspecified atom stereocenters. The first-order valence-corrected chi connectivity index (χ1v) is 5.80. The number of nitrogens with zero attached hydrogens (tertiary/aromatic N) is 3. The van der Waals surface area contributed by atoms with Crippen LogP contribution < -0.4 is 5.32 Å². The van der Waals surface area contributed by atoms with Gasteiger partial charge in [-0.25, -0.2) is 9.97 Å². The minimum atomic E-state index is -0.427. The van der Waals surface area contributed by atoms with Gasteiger partial charge in [-0.15, -0.1) is 0 Å². The van der Waals surface area contributed by atoms with Crippen LogP contribution in [-0.2, 0) is 0 Å². The highest BCUT2D eigenvalue weighted by Crippen LogP contribution is 2.23. The molecule has 0 radical (unpaired) electrons. The second-order valence-corrected chi connectivity index (χ2v) is 4.16. The predicted molar refractivity (Wildman–Crippen MR) is 73.1 cm³/mol. The largest absolute Gasteiger partial charge is 0.373 e. The molecule has 0 bridgehead atoms. The molecule has 1 heterocycles. The van der Waals surface area contributed by atoms with Crippen LogP contribution in [0.3, 0.4) is 0 Å². The highest BCUT2D eigenvalue weighted by Gasteiger charge is 2.10. The predicted octanol–water partition coefficient (Wildman–Crippen LogP) is 2.71. The number of hydrogen-bond donors (Lipinski definition) is 1. The fraction of sp³-hybridized carbons (Fsp3) is 0.231. The molecule has 6 heteroatoms. The van der Waals surface area contributed by atoms with Crippen LogP contribution in [0.2, 0.25) is 0 Å². The summed E-state index contributed by atoms with van der Waals surface area (Å²) in [5.41, 5.74) is 2.69. The van der Waals surface area contributed by atoms with Gasteiger partial charge in [-0.05, 0) is 26.0 Å². The van der Waals surface area contributed by atoms with E-state index in [0.29, 0.717) is 5.82 Å². The zero-order valence-corrected chi connectivity index (χ0v) is 11.0. The lowest BCUT2D eigenvalue weighted by Crippen LogP contribution is -2.02. The molecule has 0 amide bonds. The van der Waals surface area contributed by atoms with E-state index in [4.69, 9.17) is 0 Å². The number of anilines is 1. The average Bonchev–Trinajstić information content (AvgIpc) is 2.41. The molecule has 1 N–H and O–H groups in total. The van der Waals surface area contributed by atoms with Gasteiger partial charge in [0.25, 0.3) is 5.69 Å². The number of nitro benzene ring substituents is 1. The van der Waals surface area contributed by atoms with Gasteiger partial charge in [0.2, 0.25) is 0 Å². The Labute approximate surface area is 110 Å². The van der Waals surface area contributed by atoms with Crippen LogP contribution in [0.1, 0.15) is 11.3 Å². The van der Waals surface area contributed by atoms with Crippen LogP contribution in [0.5, 0.6) is 0 Å². The van der Waals surface area contributed by atoms with Crippen molar-refractivity contribution in [2.45, 2.75) is 13.8 Å². The molecule has 2 aromatic rings. The van der Waals surface area contributed by atoms with Gasteiger partial charge in [0.1, 0.15) is 5.82 Å². The van der Waals surface area contributed by atoms with Crippen molar-refractivity contribution in [2.75, 3.05) is 12.4 Å². The number of nitro groups is 1. The summed E-state index contributed by atoms with van der Waals surface area (Å²) in [5.74, 6) is 1.32. The van der Waals surface area contributed by atoms with Crippen molar-refractivity contribution in [3.05, 3.63) is 45.6 Å². The fourth-order valence-electron chi connectivity index (χ4n) is 1.73. The lowest BCUT2D eigenvalue weighted by molar-refractivity contribution is -0.384. The summed E-state index contributed by atoms with van der Waals surface area (Å²) in [7, 11) is 1.80. The van der Waals surface area contributed by atoms with E-state index in [1.165, 1.54) is 12.1 Å².